The summed E-state index contributed by atoms with van der Waals surface area (Å²) in [7, 11) is 0. The van der Waals surface area contributed by atoms with Gasteiger partial charge in [-0.25, -0.2) is 4.99 Å². The molecule has 1 atom stereocenters. The normalized spacial score (nSPS) is 16.7. The molecule has 1 unspecified atom stereocenters. The van der Waals surface area contributed by atoms with E-state index in [-0.39, 0.29) is 42.5 Å². The van der Waals surface area contributed by atoms with Crippen LogP contribution in [0.25, 0.3) is 0 Å². The Morgan fingerprint density at radius 3 is 2.62 bits per heavy atom. The second-order valence-electron chi connectivity index (χ2n) is 6.75. The Kier molecular flexibility index (Phi) is 9.40. The second kappa shape index (κ2) is 11.8. The number of hydrogen-bond donors (Lipinski definition) is 2. The minimum absolute atomic E-state index is 0. The first-order valence-corrected chi connectivity index (χ1v) is 9.72. The highest BCUT2D eigenvalue weighted by molar-refractivity contribution is 14.0. The molecule has 0 bridgehead atoms. The fraction of sp³-hybridized carbons (Fsp3) is 0.364. The Bertz CT molecular complexity index is 813. The van der Waals surface area contributed by atoms with Gasteiger partial charge in [-0.3, -0.25) is 4.79 Å². The van der Waals surface area contributed by atoms with E-state index in [0.29, 0.717) is 13.2 Å². The van der Waals surface area contributed by atoms with Gasteiger partial charge in [0, 0.05) is 18.8 Å². The van der Waals surface area contributed by atoms with Crippen LogP contribution in [0.3, 0.4) is 0 Å². The van der Waals surface area contributed by atoms with Gasteiger partial charge in [0.1, 0.15) is 12.6 Å². The molecule has 0 saturated carbocycles. The Morgan fingerprint density at radius 1 is 1.17 bits per heavy atom. The number of aryl methyl sites for hydroxylation is 1. The first-order valence-electron chi connectivity index (χ1n) is 9.72. The SMILES string of the molecule is CCNC(=NCC(=O)Nc1ccccc1)N1CCOC(c2ccccc2C)C1.I. The zero-order chi connectivity index (χ0) is 19.8. The summed E-state index contributed by atoms with van der Waals surface area (Å²) in [6.07, 6.45) is -0.00282. The van der Waals surface area contributed by atoms with Crippen molar-refractivity contribution in [3.05, 3.63) is 65.7 Å². The van der Waals surface area contributed by atoms with Crippen LogP contribution in [-0.4, -0.2) is 49.6 Å². The van der Waals surface area contributed by atoms with Crippen molar-refractivity contribution >= 4 is 41.5 Å². The number of aliphatic imine (C=N–C) groups is 1. The van der Waals surface area contributed by atoms with Crippen LogP contribution in [0.4, 0.5) is 5.69 Å². The van der Waals surface area contributed by atoms with Crippen molar-refractivity contribution in [2.24, 2.45) is 4.99 Å². The number of nitrogens with zero attached hydrogens (tertiary/aromatic N) is 2. The van der Waals surface area contributed by atoms with E-state index >= 15 is 0 Å². The Hall–Kier alpha value is -2.13. The van der Waals surface area contributed by atoms with Crippen molar-refractivity contribution < 1.29 is 9.53 Å². The summed E-state index contributed by atoms with van der Waals surface area (Å²) in [5.74, 6) is 0.609. The number of halogens is 1. The van der Waals surface area contributed by atoms with Gasteiger partial charge in [-0.1, -0.05) is 42.5 Å². The average Bonchev–Trinajstić information content (AvgIpc) is 2.72. The standard InChI is InChI=1S/C22H28N4O2.HI/c1-3-23-22(24-15-21(27)25-18-10-5-4-6-11-18)26-13-14-28-20(16-26)19-12-8-7-9-17(19)2;/h4-12,20H,3,13-16H2,1-2H3,(H,23,24)(H,25,27);1H. The van der Waals surface area contributed by atoms with E-state index in [1.165, 1.54) is 11.1 Å². The lowest BCUT2D eigenvalue weighted by Crippen LogP contribution is -2.48. The molecular formula is C22H29IN4O2. The minimum Gasteiger partial charge on any atom is -0.370 e. The Morgan fingerprint density at radius 2 is 1.90 bits per heavy atom. The van der Waals surface area contributed by atoms with E-state index in [1.54, 1.807) is 0 Å². The lowest BCUT2D eigenvalue weighted by atomic mass is 10.0. The van der Waals surface area contributed by atoms with E-state index in [4.69, 9.17) is 4.74 Å². The maximum atomic E-state index is 12.2. The van der Waals surface area contributed by atoms with E-state index in [0.717, 1.165) is 24.7 Å². The summed E-state index contributed by atoms with van der Waals surface area (Å²) < 4.78 is 6.00. The van der Waals surface area contributed by atoms with E-state index in [9.17, 15) is 4.79 Å². The molecule has 156 valence electrons. The lowest BCUT2D eigenvalue weighted by Gasteiger charge is -2.35. The van der Waals surface area contributed by atoms with Crippen LogP contribution in [-0.2, 0) is 9.53 Å². The van der Waals surface area contributed by atoms with Crippen LogP contribution in [0.15, 0.2) is 59.6 Å². The Balaban J connectivity index is 0.00000300. The molecule has 1 heterocycles. The number of carbonyl (C=O) groups is 1. The quantitative estimate of drug-likeness (QED) is 0.368. The van der Waals surface area contributed by atoms with E-state index in [2.05, 4.69) is 39.6 Å². The largest absolute Gasteiger partial charge is 0.370 e. The fourth-order valence-electron chi connectivity index (χ4n) is 3.27. The molecule has 1 aliphatic rings. The van der Waals surface area contributed by atoms with Crippen molar-refractivity contribution in [2.45, 2.75) is 20.0 Å². The van der Waals surface area contributed by atoms with Gasteiger partial charge < -0.3 is 20.3 Å². The molecule has 1 amide bonds. The third kappa shape index (κ3) is 6.71. The summed E-state index contributed by atoms with van der Waals surface area (Å²) in [6.45, 7) is 7.02. The molecule has 29 heavy (non-hydrogen) atoms. The molecule has 6 nitrogen and oxygen atoms in total. The summed E-state index contributed by atoms with van der Waals surface area (Å²) in [4.78, 5) is 19.0. The zero-order valence-electron chi connectivity index (χ0n) is 16.9. The summed E-state index contributed by atoms with van der Waals surface area (Å²) >= 11 is 0. The number of rotatable bonds is 5. The van der Waals surface area contributed by atoms with Crippen LogP contribution in [0, 0.1) is 6.92 Å². The first kappa shape index (κ1) is 23.2. The highest BCUT2D eigenvalue weighted by atomic mass is 127. The molecule has 0 spiro atoms. The number of anilines is 1. The number of guanidine groups is 1. The monoisotopic (exact) mass is 508 g/mol. The molecule has 1 saturated heterocycles. The molecule has 1 fully saturated rings. The molecular weight excluding hydrogens is 479 g/mol. The van der Waals surface area contributed by atoms with Crippen molar-refractivity contribution in [2.75, 3.05) is 38.1 Å². The van der Waals surface area contributed by atoms with Gasteiger partial charge in [-0.2, -0.15) is 0 Å². The van der Waals surface area contributed by atoms with Crippen LogP contribution in [0.2, 0.25) is 0 Å². The average molecular weight is 508 g/mol. The fourth-order valence-corrected chi connectivity index (χ4v) is 3.27. The smallest absolute Gasteiger partial charge is 0.246 e. The van der Waals surface area contributed by atoms with Gasteiger partial charge in [0.15, 0.2) is 5.96 Å². The Labute approximate surface area is 189 Å². The maximum absolute atomic E-state index is 12.2. The van der Waals surface area contributed by atoms with Crippen molar-refractivity contribution in [1.82, 2.24) is 10.2 Å². The highest BCUT2D eigenvalue weighted by Crippen LogP contribution is 2.24. The summed E-state index contributed by atoms with van der Waals surface area (Å²) in [6, 6.07) is 17.7. The van der Waals surface area contributed by atoms with Crippen LogP contribution >= 0.6 is 24.0 Å². The van der Waals surface area contributed by atoms with Crippen LogP contribution < -0.4 is 10.6 Å². The van der Waals surface area contributed by atoms with Gasteiger partial charge in [-0.15, -0.1) is 24.0 Å². The zero-order valence-corrected chi connectivity index (χ0v) is 19.3. The number of ether oxygens (including phenoxy) is 1. The number of para-hydroxylation sites is 1. The second-order valence-corrected chi connectivity index (χ2v) is 6.75. The van der Waals surface area contributed by atoms with Crippen molar-refractivity contribution in [3.8, 4) is 0 Å². The molecule has 2 aromatic rings. The third-order valence-electron chi connectivity index (χ3n) is 4.67. The third-order valence-corrected chi connectivity index (χ3v) is 4.67. The van der Waals surface area contributed by atoms with Gasteiger partial charge in [0.2, 0.25) is 5.91 Å². The molecule has 2 N–H and O–H groups in total. The number of nitrogens with one attached hydrogen (secondary N) is 2. The first-order chi connectivity index (χ1) is 13.7. The lowest BCUT2D eigenvalue weighted by molar-refractivity contribution is -0.114. The number of benzene rings is 2. The van der Waals surface area contributed by atoms with Crippen molar-refractivity contribution in [1.29, 1.82) is 0 Å². The molecule has 2 aromatic carbocycles. The molecule has 1 aliphatic heterocycles. The number of hydrogen-bond acceptors (Lipinski definition) is 3. The highest BCUT2D eigenvalue weighted by Gasteiger charge is 2.25. The maximum Gasteiger partial charge on any atom is 0.246 e. The predicted octanol–water partition coefficient (Wildman–Crippen LogP) is 3.59. The van der Waals surface area contributed by atoms with Crippen molar-refractivity contribution in [3.63, 3.8) is 0 Å². The molecule has 0 aliphatic carbocycles. The molecule has 0 radical (unpaired) electrons. The van der Waals surface area contributed by atoms with Crippen LogP contribution in [0.1, 0.15) is 24.2 Å². The summed E-state index contributed by atoms with van der Waals surface area (Å²) in [5, 5.41) is 6.17. The van der Waals surface area contributed by atoms with Gasteiger partial charge in [-0.05, 0) is 37.1 Å². The minimum atomic E-state index is -0.134. The van der Waals surface area contributed by atoms with E-state index < -0.39 is 0 Å². The van der Waals surface area contributed by atoms with E-state index in [1.807, 2.05) is 49.4 Å². The van der Waals surface area contributed by atoms with Gasteiger partial charge in [0.05, 0.1) is 13.2 Å². The number of amides is 1. The predicted molar refractivity (Wildman–Crippen MR) is 128 cm³/mol. The molecule has 3 rings (SSSR count). The van der Waals surface area contributed by atoms with Crippen LogP contribution in [0.5, 0.6) is 0 Å². The number of carbonyl (C=O) groups excluding carboxylic acids is 1. The molecule has 0 aromatic heterocycles. The topological polar surface area (TPSA) is 66.0 Å². The summed E-state index contributed by atoms with van der Waals surface area (Å²) in [5.41, 5.74) is 3.20. The van der Waals surface area contributed by atoms with Gasteiger partial charge in [0.25, 0.3) is 0 Å². The molecule has 7 heteroatoms. The number of morpholine rings is 1. The van der Waals surface area contributed by atoms with Gasteiger partial charge >= 0.3 is 0 Å².